The Bertz CT molecular complexity index is 60.3. The fourth-order valence-corrected chi connectivity index (χ4v) is 2.91. The molecule has 0 spiro atoms. The second kappa shape index (κ2) is 3.73. The average Bonchev–Trinajstić information content (AvgIpc) is 1.91. The van der Waals surface area contributed by atoms with Crippen LogP contribution in [0.25, 0.3) is 0 Å². The second-order valence-electron chi connectivity index (χ2n) is 1.70. The van der Waals surface area contributed by atoms with Gasteiger partial charge in [0.05, 0.1) is 0 Å². The molecule has 1 rings (SSSR count). The molecule has 2 N–H and O–H groups in total. The van der Waals surface area contributed by atoms with Crippen molar-refractivity contribution in [2.24, 2.45) is 0 Å². The Morgan fingerprint density at radius 1 is 1.12 bits per heavy atom. The van der Waals surface area contributed by atoms with Crippen LogP contribution in [0.15, 0.2) is 0 Å². The van der Waals surface area contributed by atoms with Crippen molar-refractivity contribution in [3.05, 3.63) is 0 Å². The van der Waals surface area contributed by atoms with Gasteiger partial charge in [-0.2, -0.15) is 0 Å². The Kier molecular flexibility index (Phi) is 4.08. The summed E-state index contributed by atoms with van der Waals surface area (Å²) in [7, 11) is 0. The maximum absolute atomic E-state index is 5.22. The zero-order valence-corrected chi connectivity index (χ0v) is 8.40. The smallest absolute Gasteiger partial charge is 0.412 e. The molecule has 0 aromatic rings. The fourth-order valence-electron chi connectivity index (χ4n) is 0.332. The molecule has 49 valence electrons. The number of rotatable bonds is 0. The van der Waals surface area contributed by atoms with Crippen LogP contribution >= 0.6 is 0 Å². The Balaban J connectivity index is 0.000000490. The van der Waals surface area contributed by atoms with Crippen molar-refractivity contribution in [3.63, 3.8) is 0 Å². The third-order valence-electron chi connectivity index (χ3n) is 1.08. The molecule has 1 saturated heterocycles. The third-order valence-corrected chi connectivity index (χ3v) is 4.33. The standard InChI is InChI=1S/C4H8O2.Bi.H2O/c1-3(5)4(2)6;;/h3-4H,1-2H3;;1H2/q-2;+2;. The van der Waals surface area contributed by atoms with E-state index >= 15 is 0 Å². The van der Waals surface area contributed by atoms with Gasteiger partial charge in [0, 0.05) is 0 Å². The van der Waals surface area contributed by atoms with Gasteiger partial charge in [0.2, 0.25) is 0 Å². The topological polar surface area (TPSA) is 50.0 Å². The van der Waals surface area contributed by atoms with E-state index in [0.29, 0.717) is 12.2 Å². The molecule has 0 amide bonds. The average molecular weight is 315 g/mol. The summed E-state index contributed by atoms with van der Waals surface area (Å²) in [6, 6.07) is 0. The van der Waals surface area contributed by atoms with E-state index in [2.05, 4.69) is 13.8 Å². The van der Waals surface area contributed by atoms with Gasteiger partial charge in [-0.3, -0.25) is 0 Å². The van der Waals surface area contributed by atoms with Gasteiger partial charge in [0.25, 0.3) is 0 Å². The zero-order chi connectivity index (χ0) is 5.28. The summed E-state index contributed by atoms with van der Waals surface area (Å²) in [5.41, 5.74) is 0. The van der Waals surface area contributed by atoms with Gasteiger partial charge in [-0.05, 0) is 0 Å². The van der Waals surface area contributed by atoms with Crippen molar-refractivity contribution < 1.29 is 11.1 Å². The van der Waals surface area contributed by atoms with Crippen LogP contribution in [0.5, 0.6) is 0 Å². The molecule has 1 radical (unpaired) electrons. The van der Waals surface area contributed by atoms with Crippen molar-refractivity contribution in [1.82, 2.24) is 0 Å². The molecule has 0 aliphatic carbocycles. The third kappa shape index (κ3) is 1.94. The molecule has 2 atom stereocenters. The van der Waals surface area contributed by atoms with Crippen molar-refractivity contribution in [2.45, 2.75) is 26.1 Å². The molecule has 4 heteroatoms. The summed E-state index contributed by atoms with van der Waals surface area (Å²) >= 11 is -0.860. The van der Waals surface area contributed by atoms with Gasteiger partial charge in [0.15, 0.2) is 0 Å². The van der Waals surface area contributed by atoms with Crippen LogP contribution in [0.3, 0.4) is 0 Å². The summed E-state index contributed by atoms with van der Waals surface area (Å²) < 4.78 is 10.4. The quantitative estimate of drug-likeness (QED) is 0.567. The molecule has 1 heterocycles. The van der Waals surface area contributed by atoms with Crippen LogP contribution < -0.4 is 0 Å². The van der Waals surface area contributed by atoms with Gasteiger partial charge in [0.1, 0.15) is 0 Å². The minimum Gasteiger partial charge on any atom is -0.412 e. The molecule has 1 fully saturated rings. The maximum atomic E-state index is 5.22. The van der Waals surface area contributed by atoms with Gasteiger partial charge in [-0.1, -0.05) is 0 Å². The Hall–Kier alpha value is 0.763. The van der Waals surface area contributed by atoms with Crippen LogP contribution in [-0.4, -0.2) is 41.8 Å². The molecule has 0 aromatic carbocycles. The van der Waals surface area contributed by atoms with E-state index in [0.717, 1.165) is 0 Å². The van der Waals surface area contributed by atoms with E-state index in [1.807, 2.05) is 0 Å². The Morgan fingerprint density at radius 2 is 1.50 bits per heavy atom. The SMILES string of the molecule is CC1[O][Bi][O]C1C.O. The Labute approximate surface area is 61.5 Å². The number of hydrogen-bond donors (Lipinski definition) is 0. The van der Waals surface area contributed by atoms with E-state index < -0.39 is 24.1 Å². The van der Waals surface area contributed by atoms with E-state index in [-0.39, 0.29) is 5.48 Å². The van der Waals surface area contributed by atoms with Crippen LogP contribution in [0, 0.1) is 0 Å². The molecular formula is C4H10BiO3. The van der Waals surface area contributed by atoms with Gasteiger partial charge < -0.3 is 5.48 Å². The van der Waals surface area contributed by atoms with Crippen molar-refractivity contribution in [1.29, 1.82) is 0 Å². The summed E-state index contributed by atoms with van der Waals surface area (Å²) in [6.07, 6.45) is 0.744. The summed E-state index contributed by atoms with van der Waals surface area (Å²) in [4.78, 5) is 0. The molecular weight excluding hydrogens is 305 g/mol. The van der Waals surface area contributed by atoms with Crippen LogP contribution in [0.2, 0.25) is 0 Å². The molecule has 3 nitrogen and oxygen atoms in total. The first kappa shape index (κ1) is 8.76. The molecule has 1 aliphatic heterocycles. The Morgan fingerprint density at radius 3 is 1.62 bits per heavy atom. The molecule has 8 heavy (non-hydrogen) atoms. The van der Waals surface area contributed by atoms with Gasteiger partial charge in [-0.15, -0.1) is 0 Å². The monoisotopic (exact) mass is 315 g/mol. The second-order valence-corrected chi connectivity index (χ2v) is 3.91. The molecule has 0 aromatic heterocycles. The van der Waals surface area contributed by atoms with Crippen molar-refractivity contribution >= 4 is 24.1 Å². The summed E-state index contributed by atoms with van der Waals surface area (Å²) in [5, 5.41) is 0. The first-order chi connectivity index (χ1) is 3.30. The largest absolute Gasteiger partial charge is 0.412 e. The minimum atomic E-state index is -0.860. The van der Waals surface area contributed by atoms with E-state index in [1.54, 1.807) is 0 Å². The van der Waals surface area contributed by atoms with Crippen LogP contribution in [0.1, 0.15) is 13.8 Å². The summed E-state index contributed by atoms with van der Waals surface area (Å²) in [5.74, 6) is 0. The first-order valence-electron chi connectivity index (χ1n) is 2.32. The van der Waals surface area contributed by atoms with E-state index in [1.165, 1.54) is 0 Å². The van der Waals surface area contributed by atoms with Crippen LogP contribution in [0.4, 0.5) is 0 Å². The molecule has 0 saturated carbocycles. The van der Waals surface area contributed by atoms with Crippen molar-refractivity contribution in [3.8, 4) is 0 Å². The fraction of sp³-hybridized carbons (Fsp3) is 1.00. The van der Waals surface area contributed by atoms with E-state index in [4.69, 9.17) is 5.63 Å². The van der Waals surface area contributed by atoms with Gasteiger partial charge in [-0.25, -0.2) is 0 Å². The molecule has 1 aliphatic rings. The molecule has 2 unspecified atom stereocenters. The zero-order valence-electron chi connectivity index (χ0n) is 4.92. The van der Waals surface area contributed by atoms with Crippen LogP contribution in [-0.2, 0) is 5.63 Å². The predicted molar refractivity (Wildman–Crippen MR) is 30.5 cm³/mol. The minimum absolute atomic E-state index is 0. The maximum Gasteiger partial charge on any atom is -0.412 e. The summed E-state index contributed by atoms with van der Waals surface area (Å²) in [6.45, 7) is 4.11. The van der Waals surface area contributed by atoms with Gasteiger partial charge >= 0.3 is 55.8 Å². The predicted octanol–water partition coefficient (Wildman–Crippen LogP) is -0.480. The first-order valence-corrected chi connectivity index (χ1v) is 5.16. The van der Waals surface area contributed by atoms with Crippen molar-refractivity contribution in [2.75, 3.05) is 0 Å². The van der Waals surface area contributed by atoms with E-state index in [9.17, 15) is 0 Å². The normalized spacial score (nSPS) is 36.8. The number of hydrogen-bond acceptors (Lipinski definition) is 2. The molecule has 0 bridgehead atoms.